The molecule has 0 saturated heterocycles. The van der Waals surface area contributed by atoms with Crippen LogP contribution in [0.5, 0.6) is 11.5 Å². The van der Waals surface area contributed by atoms with Crippen LogP contribution in [0.4, 0.5) is 0 Å². The Hall–Kier alpha value is -3.23. The standard InChI is InChI=1S/C22H19ClN2O5S/c1-3-11-29-17-10-5-14(12-18(17)28-4-2)13-19(21(26)27)31-22-25-24-20(30-22)15-6-8-16(23)9-7-15/h3,5-10,12-13H,1,4,11H2,2H3,(H,26,27)/b19-13-. The summed E-state index contributed by atoms with van der Waals surface area (Å²) < 4.78 is 16.8. The first-order chi connectivity index (χ1) is 15.0. The van der Waals surface area contributed by atoms with Crippen molar-refractivity contribution >= 4 is 35.4 Å². The molecule has 0 bridgehead atoms. The van der Waals surface area contributed by atoms with Gasteiger partial charge in [-0.1, -0.05) is 30.3 Å². The average Bonchev–Trinajstić information content (AvgIpc) is 3.22. The van der Waals surface area contributed by atoms with Gasteiger partial charge in [0.05, 0.1) is 6.61 Å². The highest BCUT2D eigenvalue weighted by atomic mass is 35.5. The van der Waals surface area contributed by atoms with E-state index in [2.05, 4.69) is 16.8 Å². The molecular weight excluding hydrogens is 440 g/mol. The van der Waals surface area contributed by atoms with Crippen LogP contribution >= 0.6 is 23.4 Å². The van der Waals surface area contributed by atoms with Gasteiger partial charge in [0, 0.05) is 10.6 Å². The first kappa shape index (κ1) is 22.5. The van der Waals surface area contributed by atoms with Gasteiger partial charge in [0.2, 0.25) is 5.89 Å². The van der Waals surface area contributed by atoms with Gasteiger partial charge in [-0.15, -0.1) is 10.2 Å². The SMILES string of the molecule is C=CCOc1ccc(/C=C(\Sc2nnc(-c3ccc(Cl)cc3)o2)C(=O)O)cc1OCC. The van der Waals surface area contributed by atoms with E-state index in [1.165, 1.54) is 6.08 Å². The van der Waals surface area contributed by atoms with Crippen LogP contribution in [0.2, 0.25) is 5.02 Å². The highest BCUT2D eigenvalue weighted by Gasteiger charge is 2.16. The number of nitrogens with zero attached hydrogens (tertiary/aromatic N) is 2. The zero-order chi connectivity index (χ0) is 22.2. The monoisotopic (exact) mass is 458 g/mol. The lowest BCUT2D eigenvalue weighted by Gasteiger charge is -2.11. The predicted octanol–water partition coefficient (Wildman–Crippen LogP) is 5.57. The Kier molecular flexibility index (Phi) is 7.75. The van der Waals surface area contributed by atoms with E-state index in [-0.39, 0.29) is 16.0 Å². The third-order valence-electron chi connectivity index (χ3n) is 3.83. The van der Waals surface area contributed by atoms with Crippen molar-refractivity contribution in [3.05, 3.63) is 70.6 Å². The Labute approximate surface area is 188 Å². The third-order valence-corrected chi connectivity index (χ3v) is 4.93. The molecular formula is C22H19ClN2O5S. The summed E-state index contributed by atoms with van der Waals surface area (Å²) in [4.78, 5) is 11.8. The second-order valence-corrected chi connectivity index (χ2v) is 7.46. The van der Waals surface area contributed by atoms with E-state index in [1.807, 2.05) is 6.92 Å². The van der Waals surface area contributed by atoms with Gasteiger partial charge in [0.1, 0.15) is 11.5 Å². The molecule has 0 saturated carbocycles. The summed E-state index contributed by atoms with van der Waals surface area (Å²) in [6.45, 7) is 6.25. The Bertz CT molecular complexity index is 1100. The fourth-order valence-electron chi connectivity index (χ4n) is 2.49. The number of carbonyl (C=O) groups is 1. The number of hydrogen-bond donors (Lipinski definition) is 1. The van der Waals surface area contributed by atoms with Gasteiger partial charge in [0.25, 0.3) is 5.22 Å². The molecule has 0 aliphatic heterocycles. The predicted molar refractivity (Wildman–Crippen MR) is 120 cm³/mol. The molecule has 1 heterocycles. The van der Waals surface area contributed by atoms with Crippen LogP contribution < -0.4 is 9.47 Å². The van der Waals surface area contributed by atoms with Gasteiger partial charge in [-0.2, -0.15) is 0 Å². The van der Waals surface area contributed by atoms with E-state index in [1.54, 1.807) is 48.5 Å². The number of ether oxygens (including phenoxy) is 2. The topological polar surface area (TPSA) is 94.7 Å². The third kappa shape index (κ3) is 6.13. The Balaban J connectivity index is 1.83. The van der Waals surface area contributed by atoms with Crippen molar-refractivity contribution in [2.45, 2.75) is 12.1 Å². The number of rotatable bonds is 10. The van der Waals surface area contributed by atoms with E-state index in [0.717, 1.165) is 11.8 Å². The largest absolute Gasteiger partial charge is 0.490 e. The van der Waals surface area contributed by atoms with Crippen LogP contribution in [0, 0.1) is 0 Å². The quantitative estimate of drug-likeness (QED) is 0.239. The van der Waals surface area contributed by atoms with Crippen molar-refractivity contribution in [2.75, 3.05) is 13.2 Å². The van der Waals surface area contributed by atoms with E-state index < -0.39 is 5.97 Å². The van der Waals surface area contributed by atoms with Gasteiger partial charge in [-0.3, -0.25) is 0 Å². The van der Waals surface area contributed by atoms with Gasteiger partial charge in [-0.05, 0) is 66.7 Å². The molecule has 0 radical (unpaired) electrons. The van der Waals surface area contributed by atoms with Gasteiger partial charge < -0.3 is 19.0 Å². The number of carboxylic acid groups (broad SMARTS) is 1. The summed E-state index contributed by atoms with van der Waals surface area (Å²) in [7, 11) is 0. The molecule has 0 aliphatic carbocycles. The maximum atomic E-state index is 11.8. The summed E-state index contributed by atoms with van der Waals surface area (Å²) in [6.07, 6.45) is 3.13. The van der Waals surface area contributed by atoms with E-state index in [4.69, 9.17) is 25.5 Å². The molecule has 3 aromatic rings. The summed E-state index contributed by atoms with van der Waals surface area (Å²) in [5, 5.41) is 18.2. The van der Waals surface area contributed by atoms with E-state index in [0.29, 0.717) is 40.9 Å². The van der Waals surface area contributed by atoms with Crippen molar-refractivity contribution in [2.24, 2.45) is 0 Å². The molecule has 7 nitrogen and oxygen atoms in total. The van der Waals surface area contributed by atoms with Crippen LogP contribution in [0.25, 0.3) is 17.5 Å². The van der Waals surface area contributed by atoms with Crippen molar-refractivity contribution in [3.63, 3.8) is 0 Å². The first-order valence-corrected chi connectivity index (χ1v) is 10.4. The van der Waals surface area contributed by atoms with E-state index in [9.17, 15) is 9.90 Å². The Morgan fingerprint density at radius 3 is 2.65 bits per heavy atom. The highest BCUT2D eigenvalue weighted by Crippen LogP contribution is 2.33. The molecule has 0 aliphatic rings. The molecule has 2 aromatic carbocycles. The second-order valence-electron chi connectivity index (χ2n) is 6.03. The van der Waals surface area contributed by atoms with Crippen molar-refractivity contribution in [1.82, 2.24) is 10.2 Å². The summed E-state index contributed by atoms with van der Waals surface area (Å²) in [6, 6.07) is 12.0. The summed E-state index contributed by atoms with van der Waals surface area (Å²) in [5.41, 5.74) is 1.30. The van der Waals surface area contributed by atoms with Crippen LogP contribution in [0.15, 0.2) is 69.7 Å². The van der Waals surface area contributed by atoms with E-state index >= 15 is 0 Å². The fraction of sp³-hybridized carbons (Fsp3) is 0.136. The van der Waals surface area contributed by atoms with Crippen molar-refractivity contribution < 1.29 is 23.8 Å². The Morgan fingerprint density at radius 2 is 1.97 bits per heavy atom. The summed E-state index contributed by atoms with van der Waals surface area (Å²) >= 11 is 6.74. The minimum Gasteiger partial charge on any atom is -0.490 e. The lowest BCUT2D eigenvalue weighted by atomic mass is 10.2. The highest BCUT2D eigenvalue weighted by molar-refractivity contribution is 8.03. The molecule has 0 fully saturated rings. The van der Waals surface area contributed by atoms with Crippen molar-refractivity contribution in [1.29, 1.82) is 0 Å². The van der Waals surface area contributed by atoms with Gasteiger partial charge in [0.15, 0.2) is 11.5 Å². The number of hydrogen-bond acceptors (Lipinski definition) is 7. The van der Waals surface area contributed by atoms with Crippen molar-refractivity contribution in [3.8, 4) is 23.0 Å². The summed E-state index contributed by atoms with van der Waals surface area (Å²) in [5.74, 6) is 0.205. The molecule has 160 valence electrons. The molecule has 1 N–H and O–H groups in total. The van der Waals surface area contributed by atoms with Crippen LogP contribution in [0.3, 0.4) is 0 Å². The fourth-order valence-corrected chi connectivity index (χ4v) is 3.29. The lowest BCUT2D eigenvalue weighted by Crippen LogP contribution is -2.00. The van der Waals surface area contributed by atoms with Crippen LogP contribution in [-0.2, 0) is 4.79 Å². The molecule has 31 heavy (non-hydrogen) atoms. The van der Waals surface area contributed by atoms with Crippen LogP contribution in [-0.4, -0.2) is 34.5 Å². The first-order valence-electron chi connectivity index (χ1n) is 9.23. The minimum absolute atomic E-state index is 0.00788. The molecule has 1 aromatic heterocycles. The average molecular weight is 459 g/mol. The number of carboxylic acids is 1. The molecule has 3 rings (SSSR count). The number of aromatic nitrogens is 2. The molecule has 9 heteroatoms. The molecule has 0 amide bonds. The lowest BCUT2D eigenvalue weighted by molar-refractivity contribution is -0.131. The number of halogens is 1. The van der Waals surface area contributed by atoms with Crippen LogP contribution in [0.1, 0.15) is 12.5 Å². The number of benzene rings is 2. The normalized spacial score (nSPS) is 11.2. The van der Waals surface area contributed by atoms with Gasteiger partial charge >= 0.3 is 5.97 Å². The zero-order valence-electron chi connectivity index (χ0n) is 16.6. The zero-order valence-corrected chi connectivity index (χ0v) is 18.2. The maximum absolute atomic E-state index is 11.8. The molecule has 0 atom stereocenters. The molecule has 0 spiro atoms. The second kappa shape index (κ2) is 10.7. The van der Waals surface area contributed by atoms with Gasteiger partial charge in [-0.25, -0.2) is 4.79 Å². The maximum Gasteiger partial charge on any atom is 0.342 e. The Morgan fingerprint density at radius 1 is 1.19 bits per heavy atom. The number of aliphatic carboxylic acids is 1. The molecule has 0 unspecified atom stereocenters. The number of thioether (sulfide) groups is 1. The smallest absolute Gasteiger partial charge is 0.342 e. The minimum atomic E-state index is -1.12.